The molecular formula is C16H37N. The molecule has 0 unspecified atom stereocenters. The Bertz CT molecular complexity index is 122. The quantitative estimate of drug-likeness (QED) is 0.563. The average Bonchev–Trinajstić information content (AvgIpc) is 2.24. The van der Waals surface area contributed by atoms with Gasteiger partial charge in [0, 0.05) is 0 Å². The van der Waals surface area contributed by atoms with Gasteiger partial charge in [0.1, 0.15) is 0 Å². The van der Waals surface area contributed by atoms with Crippen LogP contribution in [0.25, 0.3) is 0 Å². The molecule has 0 aromatic heterocycles. The zero-order valence-electron chi connectivity index (χ0n) is 13.4. The number of hydrogen-bond donors (Lipinski definition) is 1. The predicted molar refractivity (Wildman–Crippen MR) is 81.7 cm³/mol. The Kier molecular flexibility index (Phi) is 15.9. The third-order valence-corrected chi connectivity index (χ3v) is 2.78. The summed E-state index contributed by atoms with van der Waals surface area (Å²) in [6, 6.07) is 0. The van der Waals surface area contributed by atoms with Crippen LogP contribution in [0.3, 0.4) is 0 Å². The largest absolute Gasteiger partial charge is 0.317 e. The zero-order chi connectivity index (χ0) is 13.6. The van der Waals surface area contributed by atoms with Crippen molar-refractivity contribution in [2.75, 3.05) is 13.1 Å². The molecule has 1 nitrogen and oxygen atoms in total. The van der Waals surface area contributed by atoms with Gasteiger partial charge in [-0.2, -0.15) is 0 Å². The lowest BCUT2D eigenvalue weighted by Crippen LogP contribution is -2.09. The van der Waals surface area contributed by atoms with E-state index >= 15 is 0 Å². The molecule has 0 aliphatic carbocycles. The van der Waals surface area contributed by atoms with Crippen molar-refractivity contribution in [1.29, 1.82) is 0 Å². The number of hydrogen-bond acceptors (Lipinski definition) is 1. The van der Waals surface area contributed by atoms with Gasteiger partial charge in [0.2, 0.25) is 0 Å². The van der Waals surface area contributed by atoms with Gasteiger partial charge in [0.05, 0.1) is 0 Å². The molecule has 0 rings (SSSR count). The Labute approximate surface area is 111 Å². The minimum absolute atomic E-state index is 0.546. The fourth-order valence-corrected chi connectivity index (χ4v) is 1.69. The highest BCUT2D eigenvalue weighted by atomic mass is 14.8. The average molecular weight is 243 g/mol. The number of rotatable bonds is 8. The maximum atomic E-state index is 3.11. The first-order chi connectivity index (χ1) is 7.97. The molecule has 1 heteroatoms. The van der Waals surface area contributed by atoms with E-state index in [2.05, 4.69) is 46.9 Å². The van der Waals surface area contributed by atoms with E-state index in [1.54, 1.807) is 0 Å². The van der Waals surface area contributed by atoms with Gasteiger partial charge in [-0.25, -0.2) is 0 Å². The Morgan fingerprint density at radius 1 is 0.706 bits per heavy atom. The third-order valence-electron chi connectivity index (χ3n) is 2.78. The van der Waals surface area contributed by atoms with Crippen LogP contribution in [0.2, 0.25) is 0 Å². The highest BCUT2D eigenvalue weighted by Gasteiger charge is 2.08. The summed E-state index contributed by atoms with van der Waals surface area (Å²) in [4.78, 5) is 0. The lowest BCUT2D eigenvalue weighted by Gasteiger charge is -2.17. The lowest BCUT2D eigenvalue weighted by molar-refractivity contribution is 0.356. The summed E-state index contributed by atoms with van der Waals surface area (Å²) in [5, 5.41) is 3.11. The van der Waals surface area contributed by atoms with E-state index in [9.17, 15) is 0 Å². The van der Waals surface area contributed by atoms with Crippen molar-refractivity contribution < 1.29 is 0 Å². The van der Waals surface area contributed by atoms with Crippen LogP contribution in [0.4, 0.5) is 0 Å². The molecule has 0 heterocycles. The second kappa shape index (κ2) is 14.0. The molecule has 0 spiro atoms. The maximum absolute atomic E-state index is 3.11. The Balaban J connectivity index is 0. The fourth-order valence-electron chi connectivity index (χ4n) is 1.69. The van der Waals surface area contributed by atoms with Gasteiger partial charge in [-0.3, -0.25) is 0 Å². The Morgan fingerprint density at radius 3 is 1.53 bits per heavy atom. The molecule has 0 saturated heterocycles. The minimum Gasteiger partial charge on any atom is -0.317 e. The molecule has 0 amide bonds. The van der Waals surface area contributed by atoms with E-state index in [1.165, 1.54) is 44.9 Å². The second-order valence-corrected chi connectivity index (χ2v) is 6.04. The summed E-state index contributed by atoms with van der Waals surface area (Å²) in [6.07, 6.45) is 9.93. The van der Waals surface area contributed by atoms with Crippen LogP contribution in [0.15, 0.2) is 0 Å². The normalized spacial score (nSPS) is 10.9. The van der Waals surface area contributed by atoms with Crippen LogP contribution in [0, 0.1) is 5.41 Å². The summed E-state index contributed by atoms with van der Waals surface area (Å²) in [5.41, 5.74) is 0.546. The van der Waals surface area contributed by atoms with Crippen LogP contribution >= 0.6 is 0 Å². The van der Waals surface area contributed by atoms with Crippen molar-refractivity contribution in [2.45, 2.75) is 86.5 Å². The van der Waals surface area contributed by atoms with Crippen molar-refractivity contribution in [2.24, 2.45) is 5.41 Å². The van der Waals surface area contributed by atoms with Gasteiger partial charge in [-0.1, -0.05) is 80.1 Å². The molecule has 106 valence electrons. The molecule has 0 aliphatic rings. The van der Waals surface area contributed by atoms with E-state index in [-0.39, 0.29) is 0 Å². The van der Waals surface area contributed by atoms with Gasteiger partial charge >= 0.3 is 0 Å². The third kappa shape index (κ3) is 25.9. The predicted octanol–water partition coefficient (Wildman–Crippen LogP) is 5.40. The summed E-state index contributed by atoms with van der Waals surface area (Å²) in [5.74, 6) is 0. The molecule has 0 aliphatic heterocycles. The first kappa shape index (κ1) is 19.3. The van der Waals surface area contributed by atoms with Crippen LogP contribution in [0.5, 0.6) is 0 Å². The van der Waals surface area contributed by atoms with E-state index in [0.717, 1.165) is 13.1 Å². The molecule has 0 saturated carbocycles. The minimum atomic E-state index is 0.546. The molecule has 0 aromatic rings. The van der Waals surface area contributed by atoms with Gasteiger partial charge in [0.15, 0.2) is 0 Å². The van der Waals surface area contributed by atoms with Crippen molar-refractivity contribution in [3.8, 4) is 0 Å². The van der Waals surface area contributed by atoms with Gasteiger partial charge in [0.25, 0.3) is 0 Å². The summed E-state index contributed by atoms with van der Waals surface area (Å²) < 4.78 is 0. The Morgan fingerprint density at radius 2 is 1.18 bits per heavy atom. The maximum Gasteiger partial charge on any atom is -0.00775 e. The van der Waals surface area contributed by atoms with Crippen molar-refractivity contribution in [3.05, 3.63) is 0 Å². The molecule has 0 aromatic carbocycles. The van der Waals surface area contributed by atoms with Gasteiger partial charge < -0.3 is 5.32 Å². The van der Waals surface area contributed by atoms with Gasteiger partial charge in [-0.15, -0.1) is 0 Å². The molecular weight excluding hydrogens is 206 g/mol. The van der Waals surface area contributed by atoms with Crippen LogP contribution in [-0.4, -0.2) is 13.1 Å². The van der Waals surface area contributed by atoms with Crippen LogP contribution < -0.4 is 5.32 Å². The summed E-state index contributed by atoms with van der Waals surface area (Å²) in [7, 11) is 0. The van der Waals surface area contributed by atoms with Crippen molar-refractivity contribution in [1.82, 2.24) is 5.32 Å². The van der Waals surface area contributed by atoms with E-state index < -0.39 is 0 Å². The molecule has 0 atom stereocenters. The monoisotopic (exact) mass is 243 g/mol. The van der Waals surface area contributed by atoms with Gasteiger partial charge in [-0.05, 0) is 24.9 Å². The summed E-state index contributed by atoms with van der Waals surface area (Å²) >= 11 is 0. The summed E-state index contributed by atoms with van der Waals surface area (Å²) in [6.45, 7) is 15.7. The second-order valence-electron chi connectivity index (χ2n) is 6.04. The van der Waals surface area contributed by atoms with Crippen LogP contribution in [-0.2, 0) is 0 Å². The van der Waals surface area contributed by atoms with Crippen molar-refractivity contribution >= 4 is 0 Å². The molecule has 1 N–H and O–H groups in total. The van der Waals surface area contributed by atoms with Crippen molar-refractivity contribution in [3.63, 3.8) is 0 Å². The zero-order valence-corrected chi connectivity index (χ0v) is 13.4. The number of unbranched alkanes of at least 4 members (excludes halogenated alkanes) is 5. The fraction of sp³-hybridized carbons (Fsp3) is 1.00. The van der Waals surface area contributed by atoms with Crippen LogP contribution in [0.1, 0.15) is 86.5 Å². The first-order valence-corrected chi connectivity index (χ1v) is 7.68. The standard InChI is InChI=1S/C12H26.C4H11N/c1-5-6-7-8-9-10-11-12(2,3)4;1-3-5-4-2/h5-11H2,1-4H3;5H,3-4H2,1-2H3. The molecule has 0 fully saturated rings. The molecule has 0 bridgehead atoms. The topological polar surface area (TPSA) is 12.0 Å². The smallest absolute Gasteiger partial charge is 0.00775 e. The SMILES string of the molecule is CCCCCCCCC(C)(C)C.CCNCC. The first-order valence-electron chi connectivity index (χ1n) is 7.68. The van der Waals surface area contributed by atoms with E-state index in [0.29, 0.717) is 5.41 Å². The highest BCUT2D eigenvalue weighted by Crippen LogP contribution is 2.22. The number of nitrogens with one attached hydrogen (secondary N) is 1. The molecule has 17 heavy (non-hydrogen) atoms. The van der Waals surface area contributed by atoms with E-state index in [1.807, 2.05) is 0 Å². The van der Waals surface area contributed by atoms with E-state index in [4.69, 9.17) is 0 Å². The lowest BCUT2D eigenvalue weighted by atomic mass is 9.89. The Hall–Kier alpha value is -0.0400. The molecule has 0 radical (unpaired) electrons. The highest BCUT2D eigenvalue weighted by molar-refractivity contribution is 4.60.